The molecule has 2 rings (SSSR count). The molecule has 1 aromatic heterocycles. The fourth-order valence-corrected chi connectivity index (χ4v) is 2.62. The molecule has 0 aliphatic rings. The van der Waals surface area contributed by atoms with Crippen LogP contribution in [0, 0.1) is 6.92 Å². The van der Waals surface area contributed by atoms with Crippen molar-refractivity contribution in [3.05, 3.63) is 63.9 Å². The fraction of sp³-hybridized carbons (Fsp3) is 0.235. The van der Waals surface area contributed by atoms with Gasteiger partial charge in [-0.05, 0) is 47.9 Å². The number of hydrogen-bond donors (Lipinski definition) is 2. The topological polar surface area (TPSA) is 49.3 Å². The molecule has 0 radical (unpaired) electrons. The van der Waals surface area contributed by atoms with Gasteiger partial charge in [-0.15, -0.1) is 0 Å². The number of amides is 1. The van der Waals surface area contributed by atoms with Crippen LogP contribution in [0.5, 0.6) is 0 Å². The van der Waals surface area contributed by atoms with Crippen molar-refractivity contribution in [2.75, 3.05) is 6.54 Å². The van der Waals surface area contributed by atoms with Gasteiger partial charge >= 0.3 is 0 Å². The molecule has 2 N–H and O–H groups in total. The monoisotopic (exact) mass is 301 g/mol. The van der Waals surface area contributed by atoms with E-state index in [1.165, 1.54) is 23.0 Å². The molecular weight excluding hydrogens is 282 g/mol. The number of thiophene rings is 1. The van der Waals surface area contributed by atoms with Crippen molar-refractivity contribution in [1.29, 1.82) is 0 Å². The Bertz CT molecular complexity index is 613. The van der Waals surface area contributed by atoms with Crippen LogP contribution in [0.25, 0.3) is 6.08 Å². The average Bonchev–Trinajstić information content (AvgIpc) is 3.00. The molecule has 0 spiro atoms. The summed E-state index contributed by atoms with van der Waals surface area (Å²) in [6.45, 7) is 3.90. The molecule has 1 aromatic carbocycles. The van der Waals surface area contributed by atoms with E-state index in [0.29, 0.717) is 0 Å². The van der Waals surface area contributed by atoms with Crippen LogP contribution in [0.3, 0.4) is 0 Å². The second-order valence-corrected chi connectivity index (χ2v) is 6.03. The third kappa shape index (κ3) is 4.55. The summed E-state index contributed by atoms with van der Waals surface area (Å²) in [4.78, 5) is 11.8. The SMILES string of the molecule is Cc1ccc(C=CC(=O)NCC(C)(O)c2ccsc2)cc1. The van der Waals surface area contributed by atoms with Crippen LogP contribution in [0.1, 0.15) is 23.6 Å². The zero-order chi connectivity index (χ0) is 15.3. The Morgan fingerprint density at radius 3 is 2.67 bits per heavy atom. The van der Waals surface area contributed by atoms with Gasteiger partial charge in [0.25, 0.3) is 0 Å². The maximum Gasteiger partial charge on any atom is 0.244 e. The molecular formula is C17H19NO2S. The average molecular weight is 301 g/mol. The summed E-state index contributed by atoms with van der Waals surface area (Å²) in [5, 5.41) is 16.8. The largest absolute Gasteiger partial charge is 0.384 e. The minimum absolute atomic E-state index is 0.181. The Morgan fingerprint density at radius 1 is 1.33 bits per heavy atom. The van der Waals surface area contributed by atoms with E-state index in [4.69, 9.17) is 0 Å². The predicted molar refractivity (Wildman–Crippen MR) is 87.1 cm³/mol. The Balaban J connectivity index is 1.89. The third-order valence-corrected chi connectivity index (χ3v) is 3.94. The van der Waals surface area contributed by atoms with Crippen molar-refractivity contribution in [2.45, 2.75) is 19.4 Å². The Morgan fingerprint density at radius 2 is 2.05 bits per heavy atom. The van der Waals surface area contributed by atoms with Gasteiger partial charge in [0, 0.05) is 6.08 Å². The molecule has 1 atom stereocenters. The van der Waals surface area contributed by atoms with Crippen LogP contribution in [-0.4, -0.2) is 17.6 Å². The van der Waals surface area contributed by atoms with Gasteiger partial charge < -0.3 is 10.4 Å². The van der Waals surface area contributed by atoms with Gasteiger partial charge in [0.15, 0.2) is 0 Å². The first-order valence-electron chi connectivity index (χ1n) is 6.75. The van der Waals surface area contributed by atoms with Gasteiger partial charge in [0.2, 0.25) is 5.91 Å². The first-order chi connectivity index (χ1) is 9.97. The lowest BCUT2D eigenvalue weighted by Gasteiger charge is -2.22. The molecule has 0 bridgehead atoms. The smallest absolute Gasteiger partial charge is 0.244 e. The maximum atomic E-state index is 11.8. The zero-order valence-electron chi connectivity index (χ0n) is 12.2. The number of aliphatic hydroxyl groups is 1. The highest BCUT2D eigenvalue weighted by Gasteiger charge is 2.23. The minimum Gasteiger partial charge on any atom is -0.384 e. The van der Waals surface area contributed by atoms with Crippen molar-refractivity contribution in [1.82, 2.24) is 5.32 Å². The summed E-state index contributed by atoms with van der Waals surface area (Å²) in [6.07, 6.45) is 3.24. The normalized spacial score (nSPS) is 14.0. The highest BCUT2D eigenvalue weighted by atomic mass is 32.1. The zero-order valence-corrected chi connectivity index (χ0v) is 13.0. The maximum absolute atomic E-state index is 11.8. The molecule has 1 heterocycles. The van der Waals surface area contributed by atoms with Crippen LogP contribution in [0.4, 0.5) is 0 Å². The molecule has 0 fully saturated rings. The second-order valence-electron chi connectivity index (χ2n) is 5.25. The summed E-state index contributed by atoms with van der Waals surface area (Å²) < 4.78 is 0. The molecule has 0 aliphatic heterocycles. The molecule has 21 heavy (non-hydrogen) atoms. The number of aryl methyl sites for hydroxylation is 1. The van der Waals surface area contributed by atoms with Gasteiger partial charge in [0.05, 0.1) is 6.54 Å². The van der Waals surface area contributed by atoms with Gasteiger partial charge in [-0.1, -0.05) is 29.8 Å². The van der Waals surface area contributed by atoms with Crippen LogP contribution < -0.4 is 5.32 Å². The summed E-state index contributed by atoms with van der Waals surface area (Å²) in [7, 11) is 0. The van der Waals surface area contributed by atoms with Crippen molar-refractivity contribution < 1.29 is 9.90 Å². The molecule has 3 nitrogen and oxygen atoms in total. The second kappa shape index (κ2) is 6.70. The fourth-order valence-electron chi connectivity index (χ4n) is 1.84. The van der Waals surface area contributed by atoms with Crippen molar-refractivity contribution in [3.8, 4) is 0 Å². The van der Waals surface area contributed by atoms with Gasteiger partial charge in [-0.3, -0.25) is 4.79 Å². The first kappa shape index (κ1) is 15.5. The molecule has 110 valence electrons. The number of benzene rings is 1. The van der Waals surface area contributed by atoms with E-state index < -0.39 is 5.60 Å². The minimum atomic E-state index is -1.05. The molecule has 1 amide bonds. The van der Waals surface area contributed by atoms with E-state index in [1.54, 1.807) is 13.0 Å². The predicted octanol–water partition coefficient (Wildman–Crippen LogP) is 3.09. The number of nitrogens with one attached hydrogen (secondary N) is 1. The van der Waals surface area contributed by atoms with E-state index in [9.17, 15) is 9.90 Å². The summed E-state index contributed by atoms with van der Waals surface area (Å²) >= 11 is 1.52. The van der Waals surface area contributed by atoms with E-state index in [1.807, 2.05) is 48.0 Å². The van der Waals surface area contributed by atoms with Crippen molar-refractivity contribution in [2.24, 2.45) is 0 Å². The highest BCUT2D eigenvalue weighted by molar-refractivity contribution is 7.08. The van der Waals surface area contributed by atoms with Crippen LogP contribution in [0.2, 0.25) is 0 Å². The van der Waals surface area contributed by atoms with E-state index in [0.717, 1.165) is 11.1 Å². The van der Waals surface area contributed by atoms with Gasteiger partial charge in [0.1, 0.15) is 5.60 Å². The van der Waals surface area contributed by atoms with E-state index in [-0.39, 0.29) is 12.5 Å². The lowest BCUT2D eigenvalue weighted by molar-refractivity contribution is -0.117. The number of rotatable bonds is 5. The molecule has 0 saturated carbocycles. The van der Waals surface area contributed by atoms with E-state index >= 15 is 0 Å². The van der Waals surface area contributed by atoms with Crippen molar-refractivity contribution >= 4 is 23.3 Å². The standard InChI is InChI=1S/C17H19NO2S/c1-13-3-5-14(6-4-13)7-8-16(19)18-12-17(2,20)15-9-10-21-11-15/h3-11,20H,12H2,1-2H3,(H,18,19). The molecule has 4 heteroatoms. The summed E-state index contributed by atoms with van der Waals surface area (Å²) in [6, 6.07) is 9.78. The highest BCUT2D eigenvalue weighted by Crippen LogP contribution is 2.21. The number of carbonyl (C=O) groups excluding carboxylic acids is 1. The van der Waals surface area contributed by atoms with Crippen LogP contribution in [0.15, 0.2) is 47.2 Å². The summed E-state index contributed by atoms with van der Waals surface area (Å²) in [5.74, 6) is -0.217. The van der Waals surface area contributed by atoms with Crippen LogP contribution in [-0.2, 0) is 10.4 Å². The molecule has 1 unspecified atom stereocenters. The van der Waals surface area contributed by atoms with Crippen molar-refractivity contribution in [3.63, 3.8) is 0 Å². The Hall–Kier alpha value is -1.91. The van der Waals surface area contributed by atoms with E-state index in [2.05, 4.69) is 5.32 Å². The van der Waals surface area contributed by atoms with Gasteiger partial charge in [-0.2, -0.15) is 11.3 Å². The molecule has 0 saturated heterocycles. The van der Waals surface area contributed by atoms with Crippen LogP contribution >= 0.6 is 11.3 Å². The summed E-state index contributed by atoms with van der Waals surface area (Å²) in [5.41, 5.74) is 1.92. The Kier molecular flexibility index (Phi) is 4.94. The quantitative estimate of drug-likeness (QED) is 0.834. The number of hydrogen-bond acceptors (Lipinski definition) is 3. The lowest BCUT2D eigenvalue weighted by Crippen LogP contribution is -2.37. The third-order valence-electron chi connectivity index (χ3n) is 3.25. The number of carbonyl (C=O) groups is 1. The molecule has 2 aromatic rings. The molecule has 0 aliphatic carbocycles. The Labute approximate surface area is 128 Å². The first-order valence-corrected chi connectivity index (χ1v) is 7.69. The lowest BCUT2D eigenvalue weighted by atomic mass is 9.99. The van der Waals surface area contributed by atoms with Gasteiger partial charge in [-0.25, -0.2) is 0 Å².